The molecular weight excluding hydrogens is 308 g/mol. The predicted molar refractivity (Wildman–Crippen MR) is 81.3 cm³/mol. The molecule has 7 heteroatoms. The highest BCUT2D eigenvalue weighted by molar-refractivity contribution is 6.33. The zero-order valence-corrected chi connectivity index (χ0v) is 13.2. The van der Waals surface area contributed by atoms with Crippen LogP contribution in [-0.4, -0.2) is 34.1 Å². The molecule has 0 saturated heterocycles. The number of amides is 1. The minimum atomic E-state index is -1.23. The van der Waals surface area contributed by atoms with Gasteiger partial charge in [-0.05, 0) is 25.8 Å². The maximum absolute atomic E-state index is 12.4. The molecule has 1 aromatic heterocycles. The average Bonchev–Trinajstić information content (AvgIpc) is 2.50. The van der Waals surface area contributed by atoms with Crippen LogP contribution in [0, 0.1) is 0 Å². The van der Waals surface area contributed by atoms with E-state index in [-0.39, 0.29) is 16.6 Å². The van der Waals surface area contributed by atoms with E-state index in [4.69, 9.17) is 16.3 Å². The second kappa shape index (κ2) is 6.96. The van der Waals surface area contributed by atoms with Crippen molar-refractivity contribution in [1.29, 1.82) is 0 Å². The third-order valence-electron chi connectivity index (χ3n) is 3.80. The number of hydrogen-bond acceptors (Lipinski definition) is 4. The lowest BCUT2D eigenvalue weighted by Gasteiger charge is -2.33. The summed E-state index contributed by atoms with van der Waals surface area (Å²) >= 11 is 6.01. The van der Waals surface area contributed by atoms with Gasteiger partial charge in [0.25, 0.3) is 5.91 Å². The Bertz CT molecular complexity index is 571. The van der Waals surface area contributed by atoms with Gasteiger partial charge in [-0.25, -0.2) is 9.78 Å². The van der Waals surface area contributed by atoms with Crippen molar-refractivity contribution in [2.75, 3.05) is 6.61 Å². The Morgan fingerprint density at radius 2 is 2.05 bits per heavy atom. The van der Waals surface area contributed by atoms with E-state index in [1.165, 1.54) is 6.07 Å². The minimum absolute atomic E-state index is 0.0150. The molecule has 1 aromatic rings. The van der Waals surface area contributed by atoms with Crippen LogP contribution in [0.5, 0.6) is 5.88 Å². The lowest BCUT2D eigenvalue weighted by atomic mass is 9.81. The van der Waals surface area contributed by atoms with Crippen molar-refractivity contribution in [3.63, 3.8) is 0 Å². The number of carboxylic acid groups (broad SMARTS) is 1. The number of halogens is 1. The molecular formula is C15H19ClN2O4. The van der Waals surface area contributed by atoms with Crippen molar-refractivity contribution in [1.82, 2.24) is 10.3 Å². The number of carboxylic acids is 1. The van der Waals surface area contributed by atoms with Gasteiger partial charge in [-0.2, -0.15) is 0 Å². The van der Waals surface area contributed by atoms with Crippen LogP contribution in [-0.2, 0) is 4.79 Å². The Hall–Kier alpha value is -1.82. The number of pyridine rings is 1. The molecule has 120 valence electrons. The first-order valence-corrected chi connectivity index (χ1v) is 7.71. The standard InChI is InChI=1S/C15H19ClN2O4/c1-2-22-11-7-6-10(16)12(17-11)13(19)18-15(14(20)21)8-4-3-5-9-15/h6-7H,2-5,8-9H2,1H3,(H,18,19)(H,20,21). The zero-order chi connectivity index (χ0) is 16.2. The van der Waals surface area contributed by atoms with Gasteiger partial charge in [0.1, 0.15) is 5.54 Å². The van der Waals surface area contributed by atoms with Crippen LogP contribution < -0.4 is 10.1 Å². The molecule has 0 bridgehead atoms. The summed E-state index contributed by atoms with van der Waals surface area (Å²) in [5.74, 6) is -1.32. The fourth-order valence-electron chi connectivity index (χ4n) is 2.64. The van der Waals surface area contributed by atoms with Crippen LogP contribution in [0.1, 0.15) is 49.5 Å². The third-order valence-corrected chi connectivity index (χ3v) is 4.10. The summed E-state index contributed by atoms with van der Waals surface area (Å²) in [6.07, 6.45) is 3.34. The number of hydrogen-bond donors (Lipinski definition) is 2. The highest BCUT2D eigenvalue weighted by atomic mass is 35.5. The van der Waals surface area contributed by atoms with Crippen LogP contribution >= 0.6 is 11.6 Å². The van der Waals surface area contributed by atoms with Gasteiger partial charge in [0.05, 0.1) is 11.6 Å². The van der Waals surface area contributed by atoms with Gasteiger partial charge in [0.2, 0.25) is 5.88 Å². The van der Waals surface area contributed by atoms with Crippen LogP contribution in [0.4, 0.5) is 0 Å². The Morgan fingerprint density at radius 1 is 1.36 bits per heavy atom. The monoisotopic (exact) mass is 326 g/mol. The highest BCUT2D eigenvalue weighted by Crippen LogP contribution is 2.29. The van der Waals surface area contributed by atoms with Gasteiger partial charge in [0.15, 0.2) is 5.69 Å². The minimum Gasteiger partial charge on any atom is -0.480 e. The van der Waals surface area contributed by atoms with Crippen LogP contribution in [0.3, 0.4) is 0 Å². The first-order chi connectivity index (χ1) is 10.5. The summed E-state index contributed by atoms with van der Waals surface area (Å²) < 4.78 is 5.25. The van der Waals surface area contributed by atoms with Gasteiger partial charge in [0, 0.05) is 6.07 Å². The van der Waals surface area contributed by atoms with E-state index in [1.807, 2.05) is 0 Å². The number of aromatic nitrogens is 1. The molecule has 22 heavy (non-hydrogen) atoms. The van der Waals surface area contributed by atoms with Crippen molar-refractivity contribution in [3.05, 3.63) is 22.8 Å². The molecule has 2 N–H and O–H groups in total. The molecule has 0 aliphatic heterocycles. The van der Waals surface area contributed by atoms with Crippen molar-refractivity contribution in [3.8, 4) is 5.88 Å². The molecule has 0 spiro atoms. The van der Waals surface area contributed by atoms with Crippen molar-refractivity contribution >= 4 is 23.5 Å². The number of rotatable bonds is 5. The molecule has 1 saturated carbocycles. The maximum Gasteiger partial charge on any atom is 0.329 e. The normalized spacial score (nSPS) is 16.8. The van der Waals surface area contributed by atoms with Gasteiger partial charge in [-0.1, -0.05) is 30.9 Å². The molecule has 1 amide bonds. The Labute approximate surface area is 133 Å². The molecule has 0 unspecified atom stereocenters. The topological polar surface area (TPSA) is 88.5 Å². The van der Waals surface area contributed by atoms with E-state index < -0.39 is 17.4 Å². The molecule has 2 rings (SSSR count). The van der Waals surface area contributed by atoms with Gasteiger partial charge in [-0.3, -0.25) is 4.79 Å². The first kappa shape index (κ1) is 16.5. The molecule has 1 aliphatic rings. The number of nitrogens with one attached hydrogen (secondary N) is 1. The number of carbonyl (C=O) groups excluding carboxylic acids is 1. The van der Waals surface area contributed by atoms with E-state index >= 15 is 0 Å². The predicted octanol–water partition coefficient (Wildman–Crippen LogP) is 2.65. The zero-order valence-electron chi connectivity index (χ0n) is 12.4. The van der Waals surface area contributed by atoms with Crippen molar-refractivity contribution in [2.45, 2.75) is 44.6 Å². The summed E-state index contributed by atoms with van der Waals surface area (Å²) in [6.45, 7) is 2.21. The van der Waals surface area contributed by atoms with Gasteiger partial charge >= 0.3 is 5.97 Å². The fourth-order valence-corrected chi connectivity index (χ4v) is 2.83. The lowest BCUT2D eigenvalue weighted by Crippen LogP contribution is -2.55. The van der Waals surface area contributed by atoms with E-state index in [2.05, 4.69) is 10.3 Å². The summed E-state index contributed by atoms with van der Waals surface area (Å²) in [5, 5.41) is 12.3. The van der Waals surface area contributed by atoms with Crippen LogP contribution in [0.15, 0.2) is 12.1 Å². The molecule has 1 heterocycles. The molecule has 0 atom stereocenters. The van der Waals surface area contributed by atoms with Crippen molar-refractivity contribution < 1.29 is 19.4 Å². The van der Waals surface area contributed by atoms with Gasteiger partial charge < -0.3 is 15.2 Å². The summed E-state index contributed by atoms with van der Waals surface area (Å²) in [6, 6.07) is 3.08. The van der Waals surface area contributed by atoms with Gasteiger partial charge in [-0.15, -0.1) is 0 Å². The highest BCUT2D eigenvalue weighted by Gasteiger charge is 2.41. The van der Waals surface area contributed by atoms with E-state index in [0.717, 1.165) is 19.3 Å². The summed E-state index contributed by atoms with van der Waals surface area (Å²) in [4.78, 5) is 28.1. The average molecular weight is 327 g/mol. The number of nitrogens with zero attached hydrogens (tertiary/aromatic N) is 1. The second-order valence-corrected chi connectivity index (χ2v) is 5.72. The molecule has 6 nitrogen and oxygen atoms in total. The second-order valence-electron chi connectivity index (χ2n) is 5.31. The maximum atomic E-state index is 12.4. The van der Waals surface area contributed by atoms with Crippen molar-refractivity contribution in [2.24, 2.45) is 0 Å². The lowest BCUT2D eigenvalue weighted by molar-refractivity contribution is -0.145. The van der Waals surface area contributed by atoms with E-state index in [9.17, 15) is 14.7 Å². The largest absolute Gasteiger partial charge is 0.480 e. The Kier molecular flexibility index (Phi) is 5.24. The number of aliphatic carboxylic acids is 1. The Balaban J connectivity index is 2.23. The number of carbonyl (C=O) groups is 2. The van der Waals surface area contributed by atoms with E-state index in [0.29, 0.717) is 19.4 Å². The van der Waals surface area contributed by atoms with Crippen LogP contribution in [0.2, 0.25) is 5.02 Å². The summed E-state index contributed by atoms with van der Waals surface area (Å²) in [7, 11) is 0. The fraction of sp³-hybridized carbons (Fsp3) is 0.533. The number of ether oxygens (including phenoxy) is 1. The smallest absolute Gasteiger partial charge is 0.329 e. The molecule has 1 aliphatic carbocycles. The third kappa shape index (κ3) is 3.50. The molecule has 0 aromatic carbocycles. The van der Waals surface area contributed by atoms with E-state index in [1.54, 1.807) is 13.0 Å². The Morgan fingerprint density at radius 3 is 2.64 bits per heavy atom. The SMILES string of the molecule is CCOc1ccc(Cl)c(C(=O)NC2(C(=O)O)CCCCC2)n1. The quantitative estimate of drug-likeness (QED) is 0.868. The molecule has 0 radical (unpaired) electrons. The summed E-state index contributed by atoms with van der Waals surface area (Å²) in [5.41, 5.74) is -1.25. The first-order valence-electron chi connectivity index (χ1n) is 7.34. The van der Waals surface area contributed by atoms with Crippen LogP contribution in [0.25, 0.3) is 0 Å². The molecule has 1 fully saturated rings.